The maximum absolute atomic E-state index is 12.5. The molecule has 2 heterocycles. The topological polar surface area (TPSA) is 67.2 Å². The van der Waals surface area contributed by atoms with Crippen LogP contribution < -0.4 is 10.2 Å². The molecule has 0 aliphatic carbocycles. The second-order valence-corrected chi connectivity index (χ2v) is 7.23. The van der Waals surface area contributed by atoms with Crippen molar-refractivity contribution in [3.05, 3.63) is 83.4 Å². The van der Waals surface area contributed by atoms with Crippen LogP contribution in [0.5, 0.6) is 0 Å². The lowest BCUT2D eigenvalue weighted by molar-refractivity contribution is -0.116. The predicted molar refractivity (Wildman–Crippen MR) is 112 cm³/mol. The molecule has 0 saturated heterocycles. The summed E-state index contributed by atoms with van der Waals surface area (Å²) in [6, 6.07) is 15.8. The van der Waals surface area contributed by atoms with Gasteiger partial charge in [0.2, 0.25) is 5.91 Å². The number of carbonyl (C=O) groups excluding carboxylic acids is 2. The van der Waals surface area contributed by atoms with Crippen LogP contribution in [0.25, 0.3) is 0 Å². The summed E-state index contributed by atoms with van der Waals surface area (Å²) in [4.78, 5) is 30.4. The molecule has 2 aromatic carbocycles. The molecule has 0 unspecified atom stereocenters. The molecule has 3 aromatic rings. The van der Waals surface area contributed by atoms with Crippen LogP contribution in [-0.2, 0) is 24.2 Å². The Labute approximate surface area is 170 Å². The number of benzene rings is 2. The summed E-state index contributed by atoms with van der Waals surface area (Å²) in [5, 5.41) is 2.98. The van der Waals surface area contributed by atoms with Gasteiger partial charge in [0.1, 0.15) is 5.82 Å². The highest BCUT2D eigenvalue weighted by Gasteiger charge is 2.23. The number of fused-ring (bicyclic) bond motifs is 1. The minimum Gasteiger partial charge on any atom is -0.352 e. The number of hydrogen-bond acceptors (Lipinski definition) is 3. The quantitative estimate of drug-likeness (QED) is 0.706. The molecule has 6 heteroatoms. The van der Waals surface area contributed by atoms with Crippen molar-refractivity contribution in [3.8, 4) is 0 Å². The largest absolute Gasteiger partial charge is 0.352 e. The minimum absolute atomic E-state index is 0.0342. The fourth-order valence-corrected chi connectivity index (χ4v) is 3.75. The zero-order valence-electron chi connectivity index (χ0n) is 16.5. The summed E-state index contributed by atoms with van der Waals surface area (Å²) < 4.78 is 2.10. The van der Waals surface area contributed by atoms with Crippen molar-refractivity contribution in [1.82, 2.24) is 14.9 Å². The molecule has 2 amide bonds. The van der Waals surface area contributed by atoms with E-state index in [1.165, 1.54) is 5.56 Å². The summed E-state index contributed by atoms with van der Waals surface area (Å²) in [6.45, 7) is 3.53. The third kappa shape index (κ3) is 4.21. The van der Waals surface area contributed by atoms with Gasteiger partial charge in [0.25, 0.3) is 5.91 Å². The Kier molecular flexibility index (Phi) is 5.42. The molecule has 0 saturated carbocycles. The molecule has 6 nitrogen and oxygen atoms in total. The monoisotopic (exact) mass is 388 g/mol. The van der Waals surface area contributed by atoms with Gasteiger partial charge in [-0.15, -0.1) is 0 Å². The third-order valence-corrected chi connectivity index (χ3v) is 5.25. The smallest absolute Gasteiger partial charge is 0.251 e. The zero-order chi connectivity index (χ0) is 20.2. The van der Waals surface area contributed by atoms with Gasteiger partial charge in [-0.3, -0.25) is 9.59 Å². The van der Waals surface area contributed by atoms with Crippen molar-refractivity contribution in [3.63, 3.8) is 0 Å². The van der Waals surface area contributed by atoms with Crippen molar-refractivity contribution in [2.45, 2.75) is 26.3 Å². The van der Waals surface area contributed by atoms with Crippen LogP contribution in [0.2, 0.25) is 0 Å². The molecular weight excluding hydrogens is 364 g/mol. The molecule has 0 spiro atoms. The van der Waals surface area contributed by atoms with Gasteiger partial charge in [-0.2, -0.15) is 0 Å². The molecule has 0 atom stereocenters. The van der Waals surface area contributed by atoms with Gasteiger partial charge in [0.15, 0.2) is 0 Å². The van der Waals surface area contributed by atoms with E-state index in [0.29, 0.717) is 25.1 Å². The number of rotatable bonds is 6. The third-order valence-electron chi connectivity index (χ3n) is 5.25. The van der Waals surface area contributed by atoms with Gasteiger partial charge >= 0.3 is 0 Å². The predicted octanol–water partition coefficient (Wildman–Crippen LogP) is 2.81. The first-order chi connectivity index (χ1) is 14.1. The number of nitrogens with one attached hydrogen (secondary N) is 1. The molecule has 1 N–H and O–H groups in total. The normalized spacial score (nSPS) is 12.7. The lowest BCUT2D eigenvalue weighted by atomic mass is 10.1. The average Bonchev–Trinajstić information content (AvgIpc) is 3.35. The molecule has 4 rings (SSSR count). The fourth-order valence-electron chi connectivity index (χ4n) is 3.75. The van der Waals surface area contributed by atoms with E-state index >= 15 is 0 Å². The Bertz CT molecular complexity index is 1030. The van der Waals surface area contributed by atoms with Crippen LogP contribution in [0.15, 0.2) is 60.9 Å². The Morgan fingerprint density at radius 2 is 1.97 bits per heavy atom. The number of hydrogen-bond donors (Lipinski definition) is 1. The van der Waals surface area contributed by atoms with Crippen LogP contribution in [0.4, 0.5) is 5.69 Å². The number of amides is 2. The number of nitrogens with zero attached hydrogens (tertiary/aromatic N) is 3. The van der Waals surface area contributed by atoms with Crippen LogP contribution in [0.1, 0.15) is 34.2 Å². The van der Waals surface area contributed by atoms with Gasteiger partial charge in [-0.1, -0.05) is 30.3 Å². The molecule has 0 fully saturated rings. The van der Waals surface area contributed by atoms with E-state index in [4.69, 9.17) is 0 Å². The van der Waals surface area contributed by atoms with Crippen molar-refractivity contribution in [2.24, 2.45) is 0 Å². The molecule has 1 aliphatic rings. The highest BCUT2D eigenvalue weighted by molar-refractivity contribution is 5.97. The minimum atomic E-state index is -0.102. The highest BCUT2D eigenvalue weighted by atomic mass is 16.2. The lowest BCUT2D eigenvalue weighted by Gasteiger charge is -2.14. The van der Waals surface area contributed by atoms with E-state index in [1.54, 1.807) is 24.1 Å². The van der Waals surface area contributed by atoms with E-state index in [1.807, 2.05) is 36.5 Å². The molecule has 0 radical (unpaired) electrons. The number of aromatic nitrogens is 2. The maximum atomic E-state index is 12.5. The van der Waals surface area contributed by atoms with Gasteiger partial charge in [-0.05, 0) is 35.7 Å². The van der Waals surface area contributed by atoms with Crippen LogP contribution in [0, 0.1) is 0 Å². The summed E-state index contributed by atoms with van der Waals surface area (Å²) >= 11 is 0. The standard InChI is InChI=1S/C23H24N4O2/c1-17(28)27-13-10-19-15-20(7-8-21(19)27)23(29)25-11-9-22-24-12-14-26(22)16-18-5-3-2-4-6-18/h2-8,12,14-15H,9-11,13,16H2,1H3,(H,25,29). The first kappa shape index (κ1) is 18.9. The second-order valence-electron chi connectivity index (χ2n) is 7.23. The number of imidazole rings is 1. The van der Waals surface area contributed by atoms with Crippen molar-refractivity contribution in [2.75, 3.05) is 18.0 Å². The molecule has 148 valence electrons. The van der Waals surface area contributed by atoms with E-state index in [9.17, 15) is 9.59 Å². The first-order valence-corrected chi connectivity index (χ1v) is 9.85. The van der Waals surface area contributed by atoms with Crippen LogP contribution in [0.3, 0.4) is 0 Å². The number of anilines is 1. The van der Waals surface area contributed by atoms with Gasteiger partial charge in [0, 0.05) is 56.6 Å². The highest BCUT2D eigenvalue weighted by Crippen LogP contribution is 2.28. The fraction of sp³-hybridized carbons (Fsp3) is 0.261. The Morgan fingerprint density at radius 1 is 1.14 bits per heavy atom. The molecule has 1 aliphatic heterocycles. The number of carbonyl (C=O) groups is 2. The summed E-state index contributed by atoms with van der Waals surface area (Å²) in [5.74, 6) is 0.877. The van der Waals surface area contributed by atoms with Crippen molar-refractivity contribution in [1.29, 1.82) is 0 Å². The first-order valence-electron chi connectivity index (χ1n) is 9.85. The summed E-state index contributed by atoms with van der Waals surface area (Å²) in [6.07, 6.45) is 5.20. The molecular formula is C23H24N4O2. The van der Waals surface area contributed by atoms with Crippen LogP contribution >= 0.6 is 0 Å². The van der Waals surface area contributed by atoms with E-state index in [0.717, 1.165) is 30.0 Å². The Morgan fingerprint density at radius 3 is 2.76 bits per heavy atom. The second kappa shape index (κ2) is 8.31. The SMILES string of the molecule is CC(=O)N1CCc2cc(C(=O)NCCc3nccn3Cc3ccccc3)ccc21. The van der Waals surface area contributed by atoms with Crippen LogP contribution in [-0.4, -0.2) is 34.5 Å². The van der Waals surface area contributed by atoms with Crippen molar-refractivity contribution < 1.29 is 9.59 Å². The summed E-state index contributed by atoms with van der Waals surface area (Å²) in [7, 11) is 0. The Hall–Kier alpha value is -3.41. The molecule has 1 aromatic heterocycles. The Balaban J connectivity index is 1.35. The maximum Gasteiger partial charge on any atom is 0.251 e. The van der Waals surface area contributed by atoms with Crippen molar-refractivity contribution >= 4 is 17.5 Å². The van der Waals surface area contributed by atoms with Gasteiger partial charge < -0.3 is 14.8 Å². The van der Waals surface area contributed by atoms with E-state index < -0.39 is 0 Å². The molecule has 29 heavy (non-hydrogen) atoms. The van der Waals surface area contributed by atoms with E-state index in [-0.39, 0.29) is 11.8 Å². The van der Waals surface area contributed by atoms with Gasteiger partial charge in [-0.25, -0.2) is 4.98 Å². The molecule has 0 bridgehead atoms. The average molecular weight is 388 g/mol. The zero-order valence-corrected chi connectivity index (χ0v) is 16.5. The lowest BCUT2D eigenvalue weighted by Crippen LogP contribution is -2.27. The summed E-state index contributed by atoms with van der Waals surface area (Å²) in [5.41, 5.74) is 3.80. The van der Waals surface area contributed by atoms with E-state index in [2.05, 4.69) is 27.0 Å². The van der Waals surface area contributed by atoms with Gasteiger partial charge in [0.05, 0.1) is 0 Å².